The number of nitrogen functional groups attached to an aromatic ring is 1. The van der Waals surface area contributed by atoms with E-state index in [1.165, 1.54) is 32.3 Å². The molecule has 0 fully saturated rings. The first kappa shape index (κ1) is 65.3. The molecular formula is C35H55LiN14NaO11P2+. The Morgan fingerprint density at radius 1 is 0.906 bits per heavy atom. The van der Waals surface area contributed by atoms with Crippen molar-refractivity contribution in [1.29, 1.82) is 0 Å². The van der Waals surface area contributed by atoms with Crippen molar-refractivity contribution < 1.29 is 94.5 Å². The van der Waals surface area contributed by atoms with Crippen molar-refractivity contribution in [2.24, 2.45) is 16.1 Å². The summed E-state index contributed by atoms with van der Waals surface area (Å²) in [6.07, 6.45) is 13.2. The van der Waals surface area contributed by atoms with Crippen molar-refractivity contribution in [2.75, 3.05) is 29.6 Å². The number of imidazole rings is 4. The number of aliphatic hydroxyl groups is 1. The van der Waals surface area contributed by atoms with Crippen molar-refractivity contribution in [1.82, 2.24) is 39.9 Å². The maximum atomic E-state index is 10.6. The second kappa shape index (κ2) is 42.9. The number of aliphatic carboxylic acids is 3. The van der Waals surface area contributed by atoms with Gasteiger partial charge in [0.25, 0.3) is 0 Å². The molecule has 3 unspecified atom stereocenters. The minimum Gasteiger partial charge on any atom is -0.616 e. The van der Waals surface area contributed by atoms with Gasteiger partial charge < -0.3 is 82.0 Å². The number of aromatic nitrogens is 8. The van der Waals surface area contributed by atoms with E-state index in [1.54, 1.807) is 18.6 Å². The Morgan fingerprint density at radius 3 is 1.80 bits per heavy atom. The molecule has 0 spiro atoms. The van der Waals surface area contributed by atoms with Crippen LogP contribution >= 0.6 is 18.8 Å². The Bertz CT molecular complexity index is 1980. The summed E-state index contributed by atoms with van der Waals surface area (Å²) in [5.74, 6) is -1.59. The van der Waals surface area contributed by atoms with Crippen LogP contribution in [-0.2, 0) is 44.8 Å². The van der Waals surface area contributed by atoms with Crippen LogP contribution in [0.4, 0.5) is 17.8 Å². The van der Waals surface area contributed by atoms with E-state index in [4.69, 9.17) is 42.0 Å². The average Bonchev–Trinajstić information content (AvgIpc) is 4.09. The summed E-state index contributed by atoms with van der Waals surface area (Å²) in [6.45, 7) is 4.40. The van der Waals surface area contributed by atoms with E-state index in [2.05, 4.69) is 92.4 Å². The number of rotatable bonds is 15. The predicted molar refractivity (Wildman–Crippen MR) is 238 cm³/mol. The van der Waals surface area contributed by atoms with E-state index < -0.39 is 29.9 Å². The SMILES string of the molecule is CCC.CO/C([O-])=C/N=Cc1ccccc1.NC(CCc1cnc(NP)[nH]1)C(=O)O.Nc1ncc(CC(=O)O)[nH]1.O=C(O)Cc1cnc[nH]1.O=N[O-].OCCc1cnc(NP)[nH]1.[H+].[Li+].[Na+]. The number of carboxylic acids is 3. The topological polar surface area (TPSA) is 420 Å². The molecule has 14 N–H and O–H groups in total. The molecule has 0 aliphatic carbocycles. The average molecular weight is 940 g/mol. The molecule has 0 radical (unpaired) electrons. The number of nitrogens with zero attached hydrogens (tertiary/aromatic N) is 6. The number of aromatic amines is 4. The maximum absolute atomic E-state index is 10.6. The zero-order valence-corrected chi connectivity index (χ0v) is 40.4. The number of benzene rings is 1. The predicted octanol–water partition coefficient (Wildman–Crippen LogP) is -3.54. The van der Waals surface area contributed by atoms with Gasteiger partial charge in [0.05, 0.1) is 43.7 Å². The summed E-state index contributed by atoms with van der Waals surface area (Å²) in [4.78, 5) is 68.7. The quantitative estimate of drug-likeness (QED) is 0.0121. The molecule has 0 bridgehead atoms. The number of methoxy groups -OCH3 is 1. The van der Waals surface area contributed by atoms with E-state index in [-0.39, 0.29) is 75.2 Å². The van der Waals surface area contributed by atoms with Crippen LogP contribution in [0.25, 0.3) is 0 Å². The number of H-pyrrole nitrogens is 4. The molecule has 0 aliphatic heterocycles. The molecule has 0 amide bonds. The zero-order valence-electron chi connectivity index (χ0n) is 37.1. The van der Waals surface area contributed by atoms with Crippen LogP contribution < -0.4 is 75.2 Å². The van der Waals surface area contributed by atoms with Crippen LogP contribution in [0.2, 0.25) is 0 Å². The number of carbonyl (C=O) groups is 3. The summed E-state index contributed by atoms with van der Waals surface area (Å²) in [5, 5.41) is 58.7. The summed E-state index contributed by atoms with van der Waals surface area (Å²) in [7, 11) is 5.97. The number of nitrogens with two attached hydrogens (primary N) is 2. The van der Waals surface area contributed by atoms with Crippen molar-refractivity contribution in [3.8, 4) is 0 Å². The third-order valence-electron chi connectivity index (χ3n) is 6.24. The molecule has 64 heavy (non-hydrogen) atoms. The molecule has 4 heterocycles. The molecule has 5 rings (SSSR count). The smallest absolute Gasteiger partial charge is 0.616 e. The van der Waals surface area contributed by atoms with Gasteiger partial charge in [0.2, 0.25) is 11.9 Å². The Morgan fingerprint density at radius 2 is 1.41 bits per heavy atom. The van der Waals surface area contributed by atoms with E-state index in [9.17, 15) is 19.5 Å². The summed E-state index contributed by atoms with van der Waals surface area (Å²) in [5.41, 5.74) is 14.4. The minimum atomic E-state index is -0.978. The first-order valence-corrected chi connectivity index (χ1v) is 19.0. The molecule has 342 valence electrons. The van der Waals surface area contributed by atoms with E-state index in [0.29, 0.717) is 42.5 Å². The molecule has 5 aromatic rings. The minimum absolute atomic E-state index is 0. The number of aliphatic hydroxyl groups excluding tert-OH is 1. The third kappa shape index (κ3) is 37.2. The molecule has 0 saturated carbocycles. The van der Waals surface area contributed by atoms with Gasteiger partial charge >= 0.3 is 67.8 Å². The normalized spacial score (nSPS) is 9.95. The molecule has 0 saturated heterocycles. The maximum Gasteiger partial charge on any atom is 1.00 e. The number of aryl methyl sites for hydroxylation is 1. The van der Waals surface area contributed by atoms with Gasteiger partial charge in [0, 0.05) is 54.4 Å². The number of hydrogen-bond donors (Lipinski definition) is 12. The van der Waals surface area contributed by atoms with Gasteiger partial charge in [-0.2, -0.15) is 0 Å². The molecule has 1 aromatic carbocycles. The Kier molecular flexibility index (Phi) is 43.8. The van der Waals surface area contributed by atoms with Gasteiger partial charge in [0.15, 0.2) is 5.95 Å². The Labute approximate surface area is 409 Å². The molecule has 4 aromatic heterocycles. The fourth-order valence-electron chi connectivity index (χ4n) is 3.62. The van der Waals surface area contributed by atoms with Gasteiger partial charge in [0.1, 0.15) is 6.04 Å². The Hall–Kier alpha value is -5.34. The van der Waals surface area contributed by atoms with E-state index in [0.717, 1.165) is 28.5 Å². The number of nitrogens with one attached hydrogen (secondary N) is 6. The molecule has 29 heteroatoms. The van der Waals surface area contributed by atoms with Crippen LogP contribution in [0, 0.1) is 10.1 Å². The third-order valence-corrected chi connectivity index (χ3v) is 6.79. The van der Waals surface area contributed by atoms with Crippen LogP contribution in [0.3, 0.4) is 0 Å². The number of aliphatic imine (C=N–C) groups is 1. The summed E-state index contributed by atoms with van der Waals surface area (Å²) in [6, 6.07) is 8.70. The fraction of sp³-hybridized carbons (Fsp3) is 0.314. The van der Waals surface area contributed by atoms with Crippen LogP contribution in [-0.4, -0.2) is 104 Å². The van der Waals surface area contributed by atoms with Gasteiger partial charge in [-0.05, 0) is 44.3 Å². The number of hydrogen-bond acceptors (Lipinski definition) is 18. The zero-order chi connectivity index (χ0) is 47.1. The standard InChI is InChI=1S/C10H11NO2.C7H13N4O2P.C5H7N3O2.C5H10N3OP.C5H6N2O2.C3H8.Li.HNO2.Na/c1-13-10(12)8-11-7-9-5-3-2-4-6-9;8-5(6(12)13)2-1-4-3-9-7(10-4)11-14;6-5-7-2-3(8-5)1-4(9)10;9-2-1-4-3-6-5(7-4)8-10;8-5(9)1-4-2-6-3-7-4;1-3-2;;2-1-3;/h2-8,12H,1H3;3,5H,1-2,8,14H2,(H,12,13)(H2,9,10,11);2H,1H2,(H,9,10)(H3,6,7,8);3,9H,1-2,10H2,(H2,6,7,8);2-3H,1H2,(H,6,7)(H,8,9);3H2,1-2H3;;(H,2,3);/q;;;;;;+1;;+1/p-1/b10-8+,11-7?;;;;;;;;. The Balaban J connectivity index is -0.000000223. The van der Waals surface area contributed by atoms with Crippen molar-refractivity contribution in [3.05, 3.63) is 112 Å². The second-order valence-corrected chi connectivity index (χ2v) is 12.0. The van der Waals surface area contributed by atoms with Gasteiger partial charge in [-0.15, -0.1) is 5.34 Å². The number of anilines is 3. The summed E-state index contributed by atoms with van der Waals surface area (Å²) < 4.78 is 4.38. The number of ether oxygens (including phenoxy) is 1. The fourth-order valence-corrected chi connectivity index (χ4v) is 3.92. The largest absolute Gasteiger partial charge is 1.00 e. The number of carboxylic acid groups (broad SMARTS) is 3. The van der Waals surface area contributed by atoms with Gasteiger partial charge in [-0.1, -0.05) is 50.6 Å². The monoisotopic (exact) mass is 939 g/mol. The van der Waals surface area contributed by atoms with Crippen molar-refractivity contribution in [2.45, 2.75) is 58.4 Å². The first-order chi connectivity index (χ1) is 29.6. The van der Waals surface area contributed by atoms with Gasteiger partial charge in [-0.25, -0.2) is 19.9 Å². The van der Waals surface area contributed by atoms with E-state index >= 15 is 0 Å². The van der Waals surface area contributed by atoms with Crippen molar-refractivity contribution >= 4 is 60.7 Å². The van der Waals surface area contributed by atoms with Crippen LogP contribution in [0.1, 0.15) is 56.5 Å². The molecular weight excluding hydrogens is 884 g/mol. The molecule has 0 aliphatic rings. The van der Waals surface area contributed by atoms with Crippen LogP contribution in [0.15, 0.2) is 83.9 Å². The van der Waals surface area contributed by atoms with Gasteiger partial charge in [-0.3, -0.25) is 19.4 Å². The van der Waals surface area contributed by atoms with Crippen molar-refractivity contribution in [3.63, 3.8) is 0 Å². The molecule has 3 atom stereocenters. The second-order valence-electron chi connectivity index (χ2n) is 11.4. The first-order valence-electron chi connectivity index (χ1n) is 17.9. The molecule has 25 nitrogen and oxygen atoms in total. The van der Waals surface area contributed by atoms with E-state index in [1.807, 2.05) is 30.3 Å². The van der Waals surface area contributed by atoms with Crippen LogP contribution in [0.5, 0.6) is 0 Å². The summed E-state index contributed by atoms with van der Waals surface area (Å²) >= 11 is 0.